The SMILES string of the molecule is CC(C)(C)[Si](C)(C)OCC1(Cc2ccnn2C2CCCCO2)CC1. The second-order valence-corrected chi connectivity index (χ2v) is 14.1. The van der Waals surface area contributed by atoms with E-state index in [1.165, 1.54) is 31.4 Å². The minimum atomic E-state index is -1.67. The van der Waals surface area contributed by atoms with Crippen LogP contribution in [0.2, 0.25) is 18.1 Å². The van der Waals surface area contributed by atoms with Gasteiger partial charge in [-0.05, 0) is 68.1 Å². The molecule has 5 heteroatoms. The fourth-order valence-corrected chi connectivity index (χ4v) is 4.24. The van der Waals surface area contributed by atoms with Gasteiger partial charge in [0.1, 0.15) is 6.23 Å². The summed E-state index contributed by atoms with van der Waals surface area (Å²) >= 11 is 0. The molecule has 0 N–H and O–H groups in total. The lowest BCUT2D eigenvalue weighted by Gasteiger charge is -2.37. The molecule has 1 aliphatic carbocycles. The number of nitrogens with zero attached hydrogens (tertiary/aromatic N) is 2. The van der Waals surface area contributed by atoms with Gasteiger partial charge in [-0.15, -0.1) is 0 Å². The molecular weight excluding hydrogens is 316 g/mol. The second kappa shape index (κ2) is 6.58. The molecular formula is C19H34N2O2Si. The number of hydrogen-bond donors (Lipinski definition) is 0. The van der Waals surface area contributed by atoms with Crippen LogP contribution in [0.15, 0.2) is 12.3 Å². The molecule has 0 bridgehead atoms. The first-order valence-corrected chi connectivity index (χ1v) is 12.4. The summed E-state index contributed by atoms with van der Waals surface area (Å²) in [4.78, 5) is 0. The molecule has 0 amide bonds. The van der Waals surface area contributed by atoms with Gasteiger partial charge < -0.3 is 9.16 Å². The van der Waals surface area contributed by atoms with Gasteiger partial charge in [0, 0.05) is 25.1 Å². The van der Waals surface area contributed by atoms with Crippen molar-refractivity contribution >= 4 is 8.32 Å². The van der Waals surface area contributed by atoms with E-state index in [2.05, 4.69) is 49.7 Å². The minimum absolute atomic E-state index is 0.140. The molecule has 2 fully saturated rings. The molecule has 3 rings (SSSR count). The molecule has 0 aromatic carbocycles. The third-order valence-electron chi connectivity index (χ3n) is 6.24. The van der Waals surface area contributed by atoms with Gasteiger partial charge in [-0.25, -0.2) is 4.68 Å². The normalized spacial score (nSPS) is 24.1. The molecule has 1 saturated heterocycles. The Bertz CT molecular complexity index is 552. The molecule has 4 nitrogen and oxygen atoms in total. The highest BCUT2D eigenvalue weighted by Crippen LogP contribution is 2.50. The molecule has 1 aromatic rings. The quantitative estimate of drug-likeness (QED) is 0.683. The third kappa shape index (κ3) is 3.94. The summed E-state index contributed by atoms with van der Waals surface area (Å²) in [5, 5.41) is 4.84. The Labute approximate surface area is 148 Å². The van der Waals surface area contributed by atoms with E-state index in [0.717, 1.165) is 26.1 Å². The lowest BCUT2D eigenvalue weighted by atomic mass is 10.0. The third-order valence-corrected chi connectivity index (χ3v) is 10.7. The van der Waals surface area contributed by atoms with Crippen molar-refractivity contribution in [3.05, 3.63) is 18.0 Å². The highest BCUT2D eigenvalue weighted by Gasteiger charge is 2.47. The molecule has 1 saturated carbocycles. The predicted molar refractivity (Wildman–Crippen MR) is 99.6 cm³/mol. The number of ether oxygens (including phenoxy) is 1. The molecule has 24 heavy (non-hydrogen) atoms. The van der Waals surface area contributed by atoms with Crippen LogP contribution in [-0.4, -0.2) is 31.3 Å². The Hall–Kier alpha value is -0.653. The van der Waals surface area contributed by atoms with Crippen LogP contribution in [0.4, 0.5) is 0 Å². The highest BCUT2D eigenvalue weighted by molar-refractivity contribution is 6.74. The van der Waals surface area contributed by atoms with Gasteiger partial charge in [0.15, 0.2) is 8.32 Å². The summed E-state index contributed by atoms with van der Waals surface area (Å²) < 4.78 is 14.6. The smallest absolute Gasteiger partial charge is 0.192 e. The van der Waals surface area contributed by atoms with Gasteiger partial charge >= 0.3 is 0 Å². The van der Waals surface area contributed by atoms with Gasteiger partial charge in [-0.1, -0.05) is 20.8 Å². The first kappa shape index (κ1) is 18.1. The summed E-state index contributed by atoms with van der Waals surface area (Å²) in [6, 6.07) is 2.17. The molecule has 2 heterocycles. The Kier molecular flexibility index (Phi) is 4.97. The van der Waals surface area contributed by atoms with Gasteiger partial charge in [0.05, 0.1) is 0 Å². The lowest BCUT2D eigenvalue weighted by molar-refractivity contribution is -0.0415. The average molecular weight is 351 g/mol. The van der Waals surface area contributed by atoms with Crippen molar-refractivity contribution in [2.75, 3.05) is 13.2 Å². The summed E-state index contributed by atoms with van der Waals surface area (Å²) in [5.41, 5.74) is 1.65. The van der Waals surface area contributed by atoms with Crippen LogP contribution < -0.4 is 0 Å². The maximum atomic E-state index is 6.53. The van der Waals surface area contributed by atoms with Crippen LogP contribution in [0.5, 0.6) is 0 Å². The Morgan fingerprint density at radius 3 is 2.67 bits per heavy atom. The van der Waals surface area contributed by atoms with Crippen LogP contribution in [0.1, 0.15) is 64.8 Å². The van der Waals surface area contributed by atoms with E-state index in [-0.39, 0.29) is 11.3 Å². The first-order valence-electron chi connectivity index (χ1n) is 9.51. The van der Waals surface area contributed by atoms with E-state index in [4.69, 9.17) is 9.16 Å². The van der Waals surface area contributed by atoms with E-state index in [1.807, 2.05) is 6.20 Å². The van der Waals surface area contributed by atoms with Crippen molar-refractivity contribution in [3.8, 4) is 0 Å². The molecule has 0 radical (unpaired) electrons. The van der Waals surface area contributed by atoms with E-state index in [0.29, 0.717) is 5.41 Å². The maximum absolute atomic E-state index is 6.53. The predicted octanol–water partition coefficient (Wildman–Crippen LogP) is 4.93. The Morgan fingerprint density at radius 2 is 2.08 bits per heavy atom. The molecule has 1 atom stereocenters. The molecule has 2 aliphatic rings. The molecule has 0 spiro atoms. The fraction of sp³-hybridized carbons (Fsp3) is 0.842. The summed E-state index contributed by atoms with van der Waals surface area (Å²) in [6.45, 7) is 13.4. The van der Waals surface area contributed by atoms with Crippen LogP contribution in [0, 0.1) is 5.41 Å². The summed E-state index contributed by atoms with van der Waals surface area (Å²) in [6.07, 6.45) is 9.19. The van der Waals surface area contributed by atoms with Gasteiger partial charge in [0.2, 0.25) is 0 Å². The second-order valence-electron chi connectivity index (χ2n) is 9.31. The highest BCUT2D eigenvalue weighted by atomic mass is 28.4. The van der Waals surface area contributed by atoms with Crippen molar-refractivity contribution in [2.24, 2.45) is 5.41 Å². The van der Waals surface area contributed by atoms with Gasteiger partial charge in [0.25, 0.3) is 0 Å². The molecule has 136 valence electrons. The monoisotopic (exact) mass is 350 g/mol. The summed E-state index contributed by atoms with van der Waals surface area (Å²) in [5.74, 6) is 0. The van der Waals surface area contributed by atoms with Crippen LogP contribution in [-0.2, 0) is 15.6 Å². The number of aromatic nitrogens is 2. The average Bonchev–Trinajstić information content (AvgIpc) is 3.13. The van der Waals surface area contributed by atoms with Crippen molar-refractivity contribution < 1.29 is 9.16 Å². The van der Waals surface area contributed by atoms with E-state index in [9.17, 15) is 0 Å². The van der Waals surface area contributed by atoms with E-state index >= 15 is 0 Å². The topological polar surface area (TPSA) is 36.3 Å². The standard InChI is InChI=1S/C19H34N2O2Si/c1-18(2,3)24(4,5)23-15-19(10-11-19)14-16-9-12-20-21(16)17-8-6-7-13-22-17/h9,12,17H,6-8,10-11,13-15H2,1-5H3. The Morgan fingerprint density at radius 1 is 1.33 bits per heavy atom. The van der Waals surface area contributed by atoms with Gasteiger partial charge in [-0.2, -0.15) is 5.10 Å². The Balaban J connectivity index is 1.63. The largest absolute Gasteiger partial charge is 0.416 e. The number of rotatable bonds is 6. The summed E-state index contributed by atoms with van der Waals surface area (Å²) in [7, 11) is -1.67. The van der Waals surface area contributed by atoms with E-state index in [1.54, 1.807) is 0 Å². The van der Waals surface area contributed by atoms with E-state index < -0.39 is 8.32 Å². The van der Waals surface area contributed by atoms with Crippen LogP contribution in [0.25, 0.3) is 0 Å². The minimum Gasteiger partial charge on any atom is -0.416 e. The van der Waals surface area contributed by atoms with Crippen molar-refractivity contribution in [3.63, 3.8) is 0 Å². The molecule has 1 unspecified atom stereocenters. The number of hydrogen-bond acceptors (Lipinski definition) is 3. The first-order chi connectivity index (χ1) is 11.2. The zero-order valence-corrected chi connectivity index (χ0v) is 17.1. The molecule has 1 aliphatic heterocycles. The molecule has 1 aromatic heterocycles. The van der Waals surface area contributed by atoms with Crippen LogP contribution in [0.3, 0.4) is 0 Å². The lowest BCUT2D eigenvalue weighted by Crippen LogP contribution is -2.42. The van der Waals surface area contributed by atoms with Crippen LogP contribution >= 0.6 is 0 Å². The zero-order valence-electron chi connectivity index (χ0n) is 16.1. The van der Waals surface area contributed by atoms with Crippen molar-refractivity contribution in [1.29, 1.82) is 0 Å². The van der Waals surface area contributed by atoms with Crippen molar-refractivity contribution in [2.45, 2.75) is 83.7 Å². The zero-order chi connectivity index (χ0) is 17.4. The fourth-order valence-electron chi connectivity index (χ4n) is 3.14. The van der Waals surface area contributed by atoms with Gasteiger partial charge in [-0.3, -0.25) is 0 Å². The maximum Gasteiger partial charge on any atom is 0.192 e. The van der Waals surface area contributed by atoms with Crippen molar-refractivity contribution in [1.82, 2.24) is 9.78 Å².